The summed E-state index contributed by atoms with van der Waals surface area (Å²) in [6.07, 6.45) is 1.34. The minimum atomic E-state index is -0.602. The van der Waals surface area contributed by atoms with Gasteiger partial charge in [0, 0.05) is 37.3 Å². The Morgan fingerprint density at radius 3 is 2.15 bits per heavy atom. The summed E-state index contributed by atoms with van der Waals surface area (Å²) in [5, 5.41) is 3.03. The van der Waals surface area contributed by atoms with E-state index in [4.69, 9.17) is 0 Å². The first-order valence-corrected chi connectivity index (χ1v) is 11.9. The number of hydrogen-bond acceptors (Lipinski definition) is 3. The van der Waals surface area contributed by atoms with Gasteiger partial charge in [0.05, 0.1) is 0 Å². The third kappa shape index (κ3) is 6.01. The number of carbonyl (C=O) groups is 3. The lowest BCUT2D eigenvalue weighted by atomic mass is 9.87. The summed E-state index contributed by atoms with van der Waals surface area (Å²) in [7, 11) is 0. The molecule has 1 N–H and O–H groups in total. The Morgan fingerprint density at radius 1 is 0.939 bits per heavy atom. The van der Waals surface area contributed by atoms with Crippen molar-refractivity contribution in [1.29, 1.82) is 0 Å². The van der Waals surface area contributed by atoms with E-state index in [9.17, 15) is 14.4 Å². The van der Waals surface area contributed by atoms with Gasteiger partial charge in [0.1, 0.15) is 6.04 Å². The minimum absolute atomic E-state index is 0.0175. The van der Waals surface area contributed by atoms with Crippen LogP contribution < -0.4 is 5.32 Å². The third-order valence-corrected chi connectivity index (χ3v) is 6.50. The highest BCUT2D eigenvalue weighted by molar-refractivity contribution is 5.98. The molecule has 6 heteroatoms. The summed E-state index contributed by atoms with van der Waals surface area (Å²) in [5.74, 6) is -0.288. The predicted octanol–water partition coefficient (Wildman–Crippen LogP) is 3.82. The van der Waals surface area contributed by atoms with Crippen LogP contribution in [-0.4, -0.2) is 59.7 Å². The average Bonchev–Trinajstić information content (AvgIpc) is 2.83. The molecule has 3 amide bonds. The van der Waals surface area contributed by atoms with Crippen LogP contribution in [-0.2, 0) is 4.79 Å². The molecular weight excluding hydrogens is 414 g/mol. The van der Waals surface area contributed by atoms with Gasteiger partial charge < -0.3 is 15.1 Å². The highest BCUT2D eigenvalue weighted by atomic mass is 16.2. The van der Waals surface area contributed by atoms with Crippen LogP contribution in [0, 0.1) is 19.8 Å². The van der Waals surface area contributed by atoms with Gasteiger partial charge in [-0.05, 0) is 70.7 Å². The number of piperidine rings is 1. The maximum absolute atomic E-state index is 13.3. The van der Waals surface area contributed by atoms with E-state index in [-0.39, 0.29) is 23.6 Å². The predicted molar refractivity (Wildman–Crippen MR) is 130 cm³/mol. The summed E-state index contributed by atoms with van der Waals surface area (Å²) in [6.45, 7) is 10.2. The summed E-state index contributed by atoms with van der Waals surface area (Å²) < 4.78 is 0. The normalized spacial score (nSPS) is 15.1. The van der Waals surface area contributed by atoms with Crippen molar-refractivity contribution < 1.29 is 14.4 Å². The number of benzene rings is 2. The van der Waals surface area contributed by atoms with E-state index in [1.165, 1.54) is 0 Å². The van der Waals surface area contributed by atoms with Gasteiger partial charge in [0.2, 0.25) is 5.91 Å². The Bertz CT molecular complexity index is 974. The molecule has 0 bridgehead atoms. The third-order valence-electron chi connectivity index (χ3n) is 6.50. The fraction of sp³-hybridized carbons (Fsp3) is 0.444. The summed E-state index contributed by atoms with van der Waals surface area (Å²) in [5.41, 5.74) is 3.35. The smallest absolute Gasteiger partial charge is 0.253 e. The second-order valence-corrected chi connectivity index (χ2v) is 8.83. The average molecular weight is 450 g/mol. The molecule has 0 aromatic heterocycles. The standard InChI is InChI=1S/C27H35N3O3/c1-5-29(6-2)27(33)24(28-25(31)23-9-7-8-20(4)18-23)21-14-16-30(17-15-21)26(32)22-12-10-19(3)11-13-22/h7-13,18,21,24H,5-6,14-17H2,1-4H3,(H,28,31). The molecule has 0 radical (unpaired) electrons. The van der Waals surface area contributed by atoms with E-state index >= 15 is 0 Å². The van der Waals surface area contributed by atoms with Crippen molar-refractivity contribution in [3.63, 3.8) is 0 Å². The molecule has 6 nitrogen and oxygen atoms in total. The molecule has 0 spiro atoms. The Balaban J connectivity index is 1.73. The molecule has 1 aliphatic rings. The van der Waals surface area contributed by atoms with E-state index < -0.39 is 6.04 Å². The zero-order valence-electron chi connectivity index (χ0n) is 20.1. The number of rotatable bonds is 7. The van der Waals surface area contributed by atoms with E-state index in [0.29, 0.717) is 50.1 Å². The maximum atomic E-state index is 13.3. The van der Waals surface area contributed by atoms with Gasteiger partial charge in [0.15, 0.2) is 0 Å². The summed E-state index contributed by atoms with van der Waals surface area (Å²) >= 11 is 0. The van der Waals surface area contributed by atoms with Crippen LogP contribution in [0.4, 0.5) is 0 Å². The van der Waals surface area contributed by atoms with Crippen LogP contribution in [0.3, 0.4) is 0 Å². The molecule has 0 aliphatic carbocycles. The van der Waals surface area contributed by atoms with Crippen LogP contribution in [0.5, 0.6) is 0 Å². The van der Waals surface area contributed by atoms with E-state index in [2.05, 4.69) is 5.32 Å². The Morgan fingerprint density at radius 2 is 1.58 bits per heavy atom. The van der Waals surface area contributed by atoms with Crippen molar-refractivity contribution in [3.8, 4) is 0 Å². The first-order valence-electron chi connectivity index (χ1n) is 11.9. The molecule has 33 heavy (non-hydrogen) atoms. The van der Waals surface area contributed by atoms with Gasteiger partial charge in [0.25, 0.3) is 11.8 Å². The topological polar surface area (TPSA) is 69.7 Å². The Hall–Kier alpha value is -3.15. The van der Waals surface area contributed by atoms with Crippen molar-refractivity contribution >= 4 is 17.7 Å². The quantitative estimate of drug-likeness (QED) is 0.699. The molecule has 1 unspecified atom stereocenters. The largest absolute Gasteiger partial charge is 0.341 e. The van der Waals surface area contributed by atoms with Crippen LogP contribution in [0.25, 0.3) is 0 Å². The van der Waals surface area contributed by atoms with Gasteiger partial charge in [-0.3, -0.25) is 14.4 Å². The maximum Gasteiger partial charge on any atom is 0.253 e. The molecule has 1 fully saturated rings. The molecule has 3 rings (SSSR count). The molecule has 0 saturated carbocycles. The van der Waals surface area contributed by atoms with Gasteiger partial charge >= 0.3 is 0 Å². The fourth-order valence-corrected chi connectivity index (χ4v) is 4.44. The van der Waals surface area contributed by atoms with Crippen LogP contribution >= 0.6 is 0 Å². The van der Waals surface area contributed by atoms with Crippen LogP contribution in [0.15, 0.2) is 48.5 Å². The first-order chi connectivity index (χ1) is 15.8. The molecule has 2 aromatic carbocycles. The highest BCUT2D eigenvalue weighted by Crippen LogP contribution is 2.24. The SMILES string of the molecule is CCN(CC)C(=O)C(NC(=O)c1cccc(C)c1)C1CCN(C(=O)c2ccc(C)cc2)CC1. The lowest BCUT2D eigenvalue weighted by molar-refractivity contribution is -0.134. The van der Waals surface area contributed by atoms with E-state index in [1.54, 1.807) is 11.0 Å². The second kappa shape index (κ2) is 11.1. The van der Waals surface area contributed by atoms with Crippen molar-refractivity contribution in [2.24, 2.45) is 5.92 Å². The summed E-state index contributed by atoms with van der Waals surface area (Å²) in [6, 6.07) is 14.4. The lowest BCUT2D eigenvalue weighted by Crippen LogP contribution is -2.54. The molecule has 2 aromatic rings. The van der Waals surface area contributed by atoms with Crippen LogP contribution in [0.2, 0.25) is 0 Å². The summed E-state index contributed by atoms with van der Waals surface area (Å²) in [4.78, 5) is 42.8. The fourth-order valence-electron chi connectivity index (χ4n) is 4.44. The number of aryl methyl sites for hydroxylation is 2. The molecule has 1 atom stereocenters. The van der Waals surface area contributed by atoms with Gasteiger partial charge in [-0.15, -0.1) is 0 Å². The zero-order valence-corrected chi connectivity index (χ0v) is 20.1. The number of likely N-dealkylation sites (N-methyl/N-ethyl adjacent to an activating group) is 1. The second-order valence-electron chi connectivity index (χ2n) is 8.83. The number of nitrogens with zero attached hydrogens (tertiary/aromatic N) is 2. The van der Waals surface area contributed by atoms with Crippen molar-refractivity contribution in [2.45, 2.75) is 46.6 Å². The monoisotopic (exact) mass is 449 g/mol. The lowest BCUT2D eigenvalue weighted by Gasteiger charge is -2.37. The molecule has 1 aliphatic heterocycles. The molecule has 176 valence electrons. The first kappa shape index (κ1) is 24.5. The molecular formula is C27H35N3O3. The number of likely N-dealkylation sites (tertiary alicyclic amines) is 1. The zero-order chi connectivity index (χ0) is 24.0. The number of hydrogen-bond donors (Lipinski definition) is 1. The highest BCUT2D eigenvalue weighted by Gasteiger charge is 2.35. The number of amides is 3. The van der Waals surface area contributed by atoms with Gasteiger partial charge in [-0.2, -0.15) is 0 Å². The Kier molecular flexibility index (Phi) is 8.26. The van der Waals surface area contributed by atoms with E-state index in [0.717, 1.165) is 11.1 Å². The number of nitrogens with one attached hydrogen (secondary N) is 1. The van der Waals surface area contributed by atoms with Crippen molar-refractivity contribution in [1.82, 2.24) is 15.1 Å². The van der Waals surface area contributed by atoms with Gasteiger partial charge in [-0.1, -0.05) is 35.4 Å². The van der Waals surface area contributed by atoms with Crippen molar-refractivity contribution in [2.75, 3.05) is 26.2 Å². The van der Waals surface area contributed by atoms with Crippen LogP contribution in [0.1, 0.15) is 58.5 Å². The van der Waals surface area contributed by atoms with Crippen molar-refractivity contribution in [3.05, 3.63) is 70.8 Å². The minimum Gasteiger partial charge on any atom is -0.341 e. The molecule has 1 saturated heterocycles. The van der Waals surface area contributed by atoms with E-state index in [1.807, 2.05) is 75.1 Å². The Labute approximate surface area is 197 Å². The van der Waals surface area contributed by atoms with Gasteiger partial charge in [-0.25, -0.2) is 0 Å². The number of carbonyl (C=O) groups excluding carboxylic acids is 3. The molecule has 1 heterocycles.